The third kappa shape index (κ3) is 10.4. The van der Waals surface area contributed by atoms with Gasteiger partial charge < -0.3 is 20.3 Å². The number of ether oxygens (including phenoxy) is 1. The van der Waals surface area contributed by atoms with Crippen LogP contribution in [0.4, 0.5) is 4.79 Å². The van der Waals surface area contributed by atoms with Crippen LogP contribution in [0, 0.1) is 0 Å². The highest BCUT2D eigenvalue weighted by Gasteiger charge is 2.38. The maximum absolute atomic E-state index is 14.1. The summed E-state index contributed by atoms with van der Waals surface area (Å²) in [7, 11) is 0. The van der Waals surface area contributed by atoms with Gasteiger partial charge in [-0.1, -0.05) is 51.5 Å². The number of aryl methyl sites for hydroxylation is 1. The predicted octanol–water partition coefficient (Wildman–Crippen LogP) is 5.48. The number of alkyl carbamates (subject to hydrolysis) is 1. The van der Waals surface area contributed by atoms with Gasteiger partial charge in [0.15, 0.2) is 0 Å². The number of rotatable bonds is 14. The lowest BCUT2D eigenvalue weighted by atomic mass is 9.98. The van der Waals surface area contributed by atoms with Gasteiger partial charge in [0.1, 0.15) is 17.7 Å². The summed E-state index contributed by atoms with van der Waals surface area (Å²) in [4.78, 5) is 41.9. The molecule has 0 saturated heterocycles. The molecule has 0 heterocycles. The zero-order chi connectivity index (χ0) is 27.3. The van der Waals surface area contributed by atoms with Crippen molar-refractivity contribution in [2.75, 3.05) is 18.6 Å². The molecular formula is C28H47N3O4S. The van der Waals surface area contributed by atoms with Gasteiger partial charge in [0.05, 0.1) is 0 Å². The molecule has 3 unspecified atom stereocenters. The van der Waals surface area contributed by atoms with Crippen molar-refractivity contribution in [3.8, 4) is 0 Å². The van der Waals surface area contributed by atoms with Gasteiger partial charge in [-0.15, -0.1) is 0 Å². The van der Waals surface area contributed by atoms with E-state index in [0.29, 0.717) is 25.1 Å². The lowest BCUT2D eigenvalue weighted by Gasteiger charge is -2.38. The third-order valence-electron chi connectivity index (χ3n) is 5.98. The smallest absolute Gasteiger partial charge is 0.408 e. The molecule has 1 aromatic carbocycles. The molecular weight excluding hydrogens is 474 g/mol. The average molecular weight is 522 g/mol. The van der Waals surface area contributed by atoms with Crippen LogP contribution in [0.25, 0.3) is 0 Å². The first-order valence-corrected chi connectivity index (χ1v) is 14.5. The molecule has 3 atom stereocenters. The normalized spacial score (nSPS) is 13.9. The number of hydrogen-bond donors (Lipinski definition) is 2. The third-order valence-corrected chi connectivity index (χ3v) is 6.62. The number of amides is 3. The van der Waals surface area contributed by atoms with Crippen LogP contribution in [0.2, 0.25) is 0 Å². The topological polar surface area (TPSA) is 87.7 Å². The van der Waals surface area contributed by atoms with Gasteiger partial charge in [-0.05, 0) is 76.5 Å². The number of benzene rings is 1. The van der Waals surface area contributed by atoms with E-state index in [9.17, 15) is 14.4 Å². The molecule has 0 spiro atoms. The molecule has 8 heteroatoms. The lowest BCUT2D eigenvalue weighted by molar-refractivity contribution is -0.145. The summed E-state index contributed by atoms with van der Waals surface area (Å²) in [6.45, 7) is 14.0. The zero-order valence-corrected chi connectivity index (χ0v) is 24.3. The molecule has 0 aliphatic carbocycles. The van der Waals surface area contributed by atoms with Gasteiger partial charge in [0, 0.05) is 12.6 Å². The molecule has 1 aromatic rings. The molecule has 7 nitrogen and oxygen atoms in total. The van der Waals surface area contributed by atoms with Crippen LogP contribution in [0.3, 0.4) is 0 Å². The van der Waals surface area contributed by atoms with Crippen LogP contribution < -0.4 is 10.6 Å². The van der Waals surface area contributed by atoms with Crippen molar-refractivity contribution in [2.24, 2.45) is 0 Å². The SMILES string of the molecule is CCCCNC(=O)C(c1ccc(CC)cc1)N(C(=O)C(CCSC)NC(=O)OC(C)(C)C)C(C)CC. The van der Waals surface area contributed by atoms with Crippen molar-refractivity contribution < 1.29 is 19.1 Å². The van der Waals surface area contributed by atoms with Gasteiger partial charge in [0.25, 0.3) is 0 Å². The molecule has 0 aliphatic rings. The number of carbonyl (C=O) groups is 3. The van der Waals surface area contributed by atoms with Gasteiger partial charge in [-0.2, -0.15) is 11.8 Å². The molecule has 0 radical (unpaired) electrons. The second-order valence-electron chi connectivity index (χ2n) is 10.1. The fourth-order valence-corrected chi connectivity index (χ4v) is 4.25. The van der Waals surface area contributed by atoms with Crippen LogP contribution >= 0.6 is 11.8 Å². The fraction of sp³-hybridized carbons (Fsp3) is 0.679. The van der Waals surface area contributed by atoms with E-state index in [0.717, 1.165) is 30.4 Å². The first-order valence-electron chi connectivity index (χ1n) is 13.2. The van der Waals surface area contributed by atoms with E-state index < -0.39 is 23.8 Å². The quantitative estimate of drug-likeness (QED) is 0.317. The van der Waals surface area contributed by atoms with Crippen LogP contribution in [-0.2, 0) is 20.7 Å². The van der Waals surface area contributed by atoms with E-state index in [2.05, 4.69) is 24.5 Å². The molecule has 0 saturated carbocycles. The first-order chi connectivity index (χ1) is 17.0. The van der Waals surface area contributed by atoms with Crippen molar-refractivity contribution in [1.82, 2.24) is 15.5 Å². The minimum absolute atomic E-state index is 0.206. The Morgan fingerprint density at radius 3 is 2.22 bits per heavy atom. The maximum atomic E-state index is 14.1. The van der Waals surface area contributed by atoms with Gasteiger partial charge in [0.2, 0.25) is 11.8 Å². The number of carbonyl (C=O) groups excluding carboxylic acids is 3. The number of nitrogens with one attached hydrogen (secondary N) is 2. The van der Waals surface area contributed by atoms with Crippen molar-refractivity contribution in [2.45, 2.75) is 104 Å². The van der Waals surface area contributed by atoms with Crippen molar-refractivity contribution in [3.63, 3.8) is 0 Å². The molecule has 204 valence electrons. The summed E-state index contributed by atoms with van der Waals surface area (Å²) < 4.78 is 5.44. The Balaban J connectivity index is 3.45. The second-order valence-corrected chi connectivity index (χ2v) is 11.1. The summed E-state index contributed by atoms with van der Waals surface area (Å²) in [5.74, 6) is 0.195. The highest BCUT2D eigenvalue weighted by molar-refractivity contribution is 7.98. The van der Waals surface area contributed by atoms with Crippen LogP contribution in [0.15, 0.2) is 24.3 Å². The Morgan fingerprint density at radius 1 is 1.08 bits per heavy atom. The molecule has 36 heavy (non-hydrogen) atoms. The minimum atomic E-state index is -0.804. The van der Waals surface area contributed by atoms with Gasteiger partial charge in [-0.25, -0.2) is 4.79 Å². The molecule has 0 aliphatic heterocycles. The zero-order valence-electron chi connectivity index (χ0n) is 23.5. The van der Waals surface area contributed by atoms with E-state index in [1.54, 1.807) is 37.4 Å². The van der Waals surface area contributed by atoms with Crippen molar-refractivity contribution in [1.29, 1.82) is 0 Å². The standard InChI is InChI=1S/C28H47N3O4S/c1-9-12-18-29-25(32)24(22-15-13-21(11-3)14-16-22)31(20(4)10-2)26(33)23(17-19-36-8)30-27(34)35-28(5,6)7/h13-16,20,23-24H,9-12,17-19H2,1-8H3,(H,29,32)(H,30,34). The molecule has 1 rings (SSSR count). The van der Waals surface area contributed by atoms with Crippen LogP contribution in [0.1, 0.15) is 91.3 Å². The molecule has 0 bridgehead atoms. The minimum Gasteiger partial charge on any atom is -0.444 e. The van der Waals surface area contributed by atoms with Crippen LogP contribution in [-0.4, -0.2) is 59.0 Å². The molecule has 3 amide bonds. The first kappa shape index (κ1) is 31.8. The largest absolute Gasteiger partial charge is 0.444 e. The molecule has 0 fully saturated rings. The fourth-order valence-electron chi connectivity index (χ4n) is 3.78. The number of hydrogen-bond acceptors (Lipinski definition) is 5. The highest BCUT2D eigenvalue weighted by atomic mass is 32.2. The second kappa shape index (κ2) is 15.8. The van der Waals surface area contributed by atoms with E-state index >= 15 is 0 Å². The predicted molar refractivity (Wildman–Crippen MR) is 149 cm³/mol. The Bertz CT molecular complexity index is 823. The Labute approximate surface area is 222 Å². The van der Waals surface area contributed by atoms with Crippen LogP contribution in [0.5, 0.6) is 0 Å². The van der Waals surface area contributed by atoms with Crippen molar-refractivity contribution >= 4 is 29.7 Å². The summed E-state index contributed by atoms with van der Waals surface area (Å²) in [5.41, 5.74) is 1.24. The summed E-state index contributed by atoms with van der Waals surface area (Å²) in [5, 5.41) is 5.82. The number of unbranched alkanes of at least 4 members (excludes halogenated alkanes) is 1. The Hall–Kier alpha value is -2.22. The van der Waals surface area contributed by atoms with Crippen molar-refractivity contribution in [3.05, 3.63) is 35.4 Å². The van der Waals surface area contributed by atoms with E-state index in [-0.39, 0.29) is 17.9 Å². The van der Waals surface area contributed by atoms with E-state index in [1.807, 2.05) is 44.4 Å². The number of nitrogens with zero attached hydrogens (tertiary/aromatic N) is 1. The van der Waals surface area contributed by atoms with Gasteiger partial charge in [-0.3, -0.25) is 9.59 Å². The summed E-state index contributed by atoms with van der Waals surface area (Å²) in [6.07, 6.45) is 5.13. The van der Waals surface area contributed by atoms with Gasteiger partial charge >= 0.3 is 6.09 Å². The highest BCUT2D eigenvalue weighted by Crippen LogP contribution is 2.27. The van der Waals surface area contributed by atoms with E-state index in [4.69, 9.17) is 4.74 Å². The summed E-state index contributed by atoms with van der Waals surface area (Å²) >= 11 is 1.60. The Kier molecular flexibility index (Phi) is 14.0. The molecule has 2 N–H and O–H groups in total. The number of thioether (sulfide) groups is 1. The monoisotopic (exact) mass is 521 g/mol. The summed E-state index contributed by atoms with van der Waals surface area (Å²) in [6, 6.07) is 6.06. The maximum Gasteiger partial charge on any atom is 0.408 e. The van der Waals surface area contributed by atoms with E-state index in [1.165, 1.54) is 0 Å². The average Bonchev–Trinajstić information content (AvgIpc) is 2.83. The Morgan fingerprint density at radius 2 is 1.72 bits per heavy atom. The molecule has 0 aromatic heterocycles. The lowest BCUT2D eigenvalue weighted by Crippen LogP contribution is -2.55.